The number of rotatable bonds is 4. The summed E-state index contributed by atoms with van der Waals surface area (Å²) in [5.41, 5.74) is 1.29. The zero-order valence-corrected chi connectivity index (χ0v) is 11.1. The van der Waals surface area contributed by atoms with Crippen LogP contribution < -0.4 is 4.74 Å². The summed E-state index contributed by atoms with van der Waals surface area (Å²) in [6.07, 6.45) is 0. The van der Waals surface area contributed by atoms with Gasteiger partial charge in [-0.15, -0.1) is 0 Å². The van der Waals surface area contributed by atoms with E-state index < -0.39 is 5.97 Å². The highest BCUT2D eigenvalue weighted by molar-refractivity contribution is 9.08. The minimum atomic E-state index is -0.998. The van der Waals surface area contributed by atoms with Gasteiger partial charge in [0.05, 0.1) is 0 Å². The van der Waals surface area contributed by atoms with Crippen molar-refractivity contribution in [1.29, 1.82) is 0 Å². The summed E-state index contributed by atoms with van der Waals surface area (Å²) in [7, 11) is 0. The highest BCUT2D eigenvalue weighted by Gasteiger charge is 2.10. The molecule has 0 amide bonds. The van der Waals surface area contributed by atoms with Crippen LogP contribution in [-0.2, 0) is 5.33 Å². The number of hydrogen-bond acceptors (Lipinski definition) is 2. The van der Waals surface area contributed by atoms with Crippen LogP contribution in [0.3, 0.4) is 0 Å². The fraction of sp³-hybridized carbons (Fsp3) is 0.0714. The number of carbonyl (C=O) groups is 1. The number of alkyl halides is 1. The number of carboxylic acid groups (broad SMARTS) is 1. The lowest BCUT2D eigenvalue weighted by Crippen LogP contribution is -1.99. The summed E-state index contributed by atoms with van der Waals surface area (Å²) in [5, 5.41) is 9.82. The molecule has 2 rings (SSSR count). The number of para-hydroxylation sites is 1. The largest absolute Gasteiger partial charge is 0.478 e. The topological polar surface area (TPSA) is 46.5 Å². The molecule has 92 valence electrons. The van der Waals surface area contributed by atoms with E-state index in [4.69, 9.17) is 9.84 Å². The summed E-state index contributed by atoms with van der Waals surface area (Å²) >= 11 is 3.36. The predicted octanol–water partition coefficient (Wildman–Crippen LogP) is 4.07. The van der Waals surface area contributed by atoms with Crippen LogP contribution in [0.2, 0.25) is 0 Å². The first-order chi connectivity index (χ1) is 8.70. The van der Waals surface area contributed by atoms with Gasteiger partial charge in [-0.2, -0.15) is 0 Å². The van der Waals surface area contributed by atoms with Gasteiger partial charge in [-0.05, 0) is 29.8 Å². The normalized spacial score (nSPS) is 10.1. The first-order valence-electron chi connectivity index (χ1n) is 5.36. The molecule has 0 saturated carbocycles. The average molecular weight is 307 g/mol. The Morgan fingerprint density at radius 3 is 2.39 bits per heavy atom. The number of ether oxygens (including phenoxy) is 1. The molecule has 0 bridgehead atoms. The Bertz CT molecular complexity index is 549. The van der Waals surface area contributed by atoms with Crippen LogP contribution in [-0.4, -0.2) is 11.1 Å². The summed E-state index contributed by atoms with van der Waals surface area (Å²) < 4.78 is 5.57. The van der Waals surface area contributed by atoms with Gasteiger partial charge in [-0.25, -0.2) is 4.79 Å². The summed E-state index contributed by atoms with van der Waals surface area (Å²) in [6, 6.07) is 14.1. The summed E-state index contributed by atoms with van der Waals surface area (Å²) in [6.45, 7) is 0. The summed E-state index contributed by atoms with van der Waals surface area (Å²) in [4.78, 5) is 11.0. The van der Waals surface area contributed by atoms with Crippen LogP contribution in [0, 0.1) is 0 Å². The van der Waals surface area contributed by atoms with Crippen LogP contribution in [0.4, 0.5) is 0 Å². The van der Waals surface area contributed by atoms with Crippen molar-refractivity contribution in [2.75, 3.05) is 0 Å². The molecule has 4 heteroatoms. The first-order valence-corrected chi connectivity index (χ1v) is 6.48. The zero-order chi connectivity index (χ0) is 13.0. The number of halogens is 1. The molecule has 3 nitrogen and oxygen atoms in total. The van der Waals surface area contributed by atoms with Crippen LogP contribution >= 0.6 is 15.9 Å². The lowest BCUT2D eigenvalue weighted by atomic mass is 10.2. The maximum absolute atomic E-state index is 11.0. The van der Waals surface area contributed by atoms with Gasteiger partial charge in [0.2, 0.25) is 0 Å². The summed E-state index contributed by atoms with van der Waals surface area (Å²) in [5.74, 6) is -0.0346. The van der Waals surface area contributed by atoms with Gasteiger partial charge in [-0.1, -0.05) is 40.2 Å². The Morgan fingerprint density at radius 2 is 1.78 bits per heavy atom. The van der Waals surface area contributed by atoms with Gasteiger partial charge in [0.1, 0.15) is 17.1 Å². The molecule has 0 fully saturated rings. The van der Waals surface area contributed by atoms with Crippen molar-refractivity contribution < 1.29 is 14.6 Å². The number of carboxylic acids is 1. The maximum Gasteiger partial charge on any atom is 0.339 e. The van der Waals surface area contributed by atoms with Gasteiger partial charge in [-0.3, -0.25) is 0 Å². The molecule has 0 spiro atoms. The second kappa shape index (κ2) is 5.69. The molecule has 1 N–H and O–H groups in total. The number of hydrogen-bond donors (Lipinski definition) is 1. The molecule has 0 aliphatic heterocycles. The van der Waals surface area contributed by atoms with E-state index in [0.29, 0.717) is 11.5 Å². The molecule has 18 heavy (non-hydrogen) atoms. The van der Waals surface area contributed by atoms with E-state index in [0.717, 1.165) is 10.9 Å². The van der Waals surface area contributed by atoms with Crippen LogP contribution in [0.15, 0.2) is 48.5 Å². The van der Waals surface area contributed by atoms with E-state index in [-0.39, 0.29) is 5.56 Å². The Labute approximate surface area is 113 Å². The quantitative estimate of drug-likeness (QED) is 0.866. The van der Waals surface area contributed by atoms with Crippen molar-refractivity contribution in [3.8, 4) is 11.5 Å². The van der Waals surface area contributed by atoms with Gasteiger partial charge in [0.15, 0.2) is 0 Å². The molecule has 0 heterocycles. The van der Waals surface area contributed by atoms with Crippen molar-refractivity contribution in [1.82, 2.24) is 0 Å². The highest BCUT2D eigenvalue weighted by Crippen LogP contribution is 2.25. The number of benzene rings is 2. The second-order valence-electron chi connectivity index (χ2n) is 3.68. The lowest BCUT2D eigenvalue weighted by molar-refractivity contribution is 0.0694. The smallest absolute Gasteiger partial charge is 0.339 e. The van der Waals surface area contributed by atoms with Crippen molar-refractivity contribution in [2.24, 2.45) is 0 Å². The maximum atomic E-state index is 11.0. The standard InChI is InChI=1S/C14H11BrO3/c15-9-10-5-7-11(8-6-10)18-13-4-2-1-3-12(13)14(16)17/h1-8H,9H2,(H,16,17). The van der Waals surface area contributed by atoms with E-state index in [9.17, 15) is 4.79 Å². The molecule has 0 unspecified atom stereocenters. The molecule has 0 aromatic heterocycles. The molecule has 0 atom stereocenters. The van der Waals surface area contributed by atoms with Crippen molar-refractivity contribution in [2.45, 2.75) is 5.33 Å². The average Bonchev–Trinajstić information content (AvgIpc) is 2.40. The fourth-order valence-corrected chi connectivity index (χ4v) is 1.88. The third kappa shape index (κ3) is 2.90. The minimum absolute atomic E-state index is 0.155. The van der Waals surface area contributed by atoms with Crippen molar-refractivity contribution in [3.05, 3.63) is 59.7 Å². The van der Waals surface area contributed by atoms with Crippen LogP contribution in [0.1, 0.15) is 15.9 Å². The molecule has 0 aliphatic rings. The third-order valence-electron chi connectivity index (χ3n) is 2.42. The molecule has 0 radical (unpaired) electrons. The van der Waals surface area contributed by atoms with Gasteiger partial charge < -0.3 is 9.84 Å². The monoisotopic (exact) mass is 306 g/mol. The molecular weight excluding hydrogens is 296 g/mol. The van der Waals surface area contributed by atoms with Gasteiger partial charge in [0.25, 0.3) is 0 Å². The van der Waals surface area contributed by atoms with E-state index >= 15 is 0 Å². The number of aromatic carboxylic acids is 1. The lowest BCUT2D eigenvalue weighted by Gasteiger charge is -2.08. The zero-order valence-electron chi connectivity index (χ0n) is 9.47. The van der Waals surface area contributed by atoms with E-state index in [1.807, 2.05) is 24.3 Å². The second-order valence-corrected chi connectivity index (χ2v) is 4.24. The molecular formula is C14H11BrO3. The third-order valence-corrected chi connectivity index (χ3v) is 3.07. The van der Waals surface area contributed by atoms with Crippen molar-refractivity contribution >= 4 is 21.9 Å². The Morgan fingerprint density at radius 1 is 1.11 bits per heavy atom. The molecule has 0 saturated heterocycles. The molecule has 2 aromatic carbocycles. The molecule has 0 aliphatic carbocycles. The van der Waals surface area contributed by atoms with E-state index in [1.165, 1.54) is 6.07 Å². The highest BCUT2D eigenvalue weighted by atomic mass is 79.9. The van der Waals surface area contributed by atoms with E-state index in [1.54, 1.807) is 18.2 Å². The Hall–Kier alpha value is -1.81. The van der Waals surface area contributed by atoms with E-state index in [2.05, 4.69) is 15.9 Å². The Balaban J connectivity index is 2.25. The fourth-order valence-electron chi connectivity index (χ4n) is 1.51. The van der Waals surface area contributed by atoms with Crippen LogP contribution in [0.25, 0.3) is 0 Å². The molecule has 2 aromatic rings. The Kier molecular flexibility index (Phi) is 3.99. The first kappa shape index (κ1) is 12.6. The van der Waals surface area contributed by atoms with Crippen molar-refractivity contribution in [3.63, 3.8) is 0 Å². The van der Waals surface area contributed by atoms with Crippen LogP contribution in [0.5, 0.6) is 11.5 Å². The van der Waals surface area contributed by atoms with Gasteiger partial charge in [0, 0.05) is 5.33 Å². The predicted molar refractivity (Wildman–Crippen MR) is 72.5 cm³/mol. The minimum Gasteiger partial charge on any atom is -0.478 e. The van der Waals surface area contributed by atoms with Gasteiger partial charge >= 0.3 is 5.97 Å². The SMILES string of the molecule is O=C(O)c1ccccc1Oc1ccc(CBr)cc1.